The van der Waals surface area contributed by atoms with E-state index >= 15 is 0 Å². The molecule has 3 rings (SSSR count). The number of piperidine rings is 1. The molecule has 0 saturated carbocycles. The summed E-state index contributed by atoms with van der Waals surface area (Å²) >= 11 is 6.01. The van der Waals surface area contributed by atoms with Gasteiger partial charge in [-0.15, -0.1) is 0 Å². The van der Waals surface area contributed by atoms with Crippen LogP contribution in [0.3, 0.4) is 0 Å². The van der Waals surface area contributed by atoms with Crippen LogP contribution in [0, 0.1) is 0 Å². The molecule has 0 aliphatic carbocycles. The van der Waals surface area contributed by atoms with Crippen LogP contribution in [0.5, 0.6) is 5.75 Å². The van der Waals surface area contributed by atoms with Gasteiger partial charge in [-0.25, -0.2) is 4.98 Å². The van der Waals surface area contributed by atoms with Crippen LogP contribution in [0.1, 0.15) is 34.9 Å². The minimum atomic E-state index is -0.0294. The second kappa shape index (κ2) is 8.56. The number of carbonyl (C=O) groups is 1. The third-order valence-corrected chi connectivity index (χ3v) is 4.99. The van der Waals surface area contributed by atoms with Gasteiger partial charge in [0.15, 0.2) is 0 Å². The number of methoxy groups -OCH3 is 2. The number of imidazole rings is 1. The maximum atomic E-state index is 13.0. The van der Waals surface area contributed by atoms with Crippen LogP contribution in [0.4, 0.5) is 0 Å². The van der Waals surface area contributed by atoms with Crippen molar-refractivity contribution in [2.75, 3.05) is 33.9 Å². The predicted octanol–water partition coefficient (Wildman–Crippen LogP) is 3.21. The lowest BCUT2D eigenvalue weighted by Gasteiger charge is -2.33. The standard InChI is InChI=1S/C19H24ClN3O3/c1-25-11-10-22-9-7-21-18(22)14-4-3-8-23(13-14)19(24)16-6-5-15(20)12-17(16)26-2/h5-7,9,12,14H,3-4,8,10-11,13H2,1-2H3/t14-/m1/s1. The van der Waals surface area contributed by atoms with Gasteiger partial charge in [0.1, 0.15) is 11.6 Å². The number of nitrogens with zero attached hydrogens (tertiary/aromatic N) is 3. The topological polar surface area (TPSA) is 56.6 Å². The molecule has 1 amide bonds. The number of hydrogen-bond acceptors (Lipinski definition) is 4. The van der Waals surface area contributed by atoms with Crippen molar-refractivity contribution in [1.29, 1.82) is 0 Å². The van der Waals surface area contributed by atoms with Crippen molar-refractivity contribution in [2.24, 2.45) is 0 Å². The first kappa shape index (κ1) is 18.7. The molecule has 2 heterocycles. The number of halogens is 1. The largest absolute Gasteiger partial charge is 0.496 e. The number of hydrogen-bond donors (Lipinski definition) is 0. The fraction of sp³-hybridized carbons (Fsp3) is 0.474. The summed E-state index contributed by atoms with van der Waals surface area (Å²) in [6, 6.07) is 5.12. The Morgan fingerprint density at radius 1 is 1.38 bits per heavy atom. The Balaban J connectivity index is 1.76. The smallest absolute Gasteiger partial charge is 0.257 e. The van der Waals surface area contributed by atoms with Crippen LogP contribution >= 0.6 is 11.6 Å². The number of amides is 1. The Bertz CT molecular complexity index is 762. The quantitative estimate of drug-likeness (QED) is 0.775. The van der Waals surface area contributed by atoms with E-state index in [1.54, 1.807) is 32.4 Å². The van der Waals surface area contributed by atoms with Crippen LogP contribution in [-0.4, -0.2) is 54.3 Å². The zero-order valence-corrected chi connectivity index (χ0v) is 15.9. The Labute approximate surface area is 158 Å². The van der Waals surface area contributed by atoms with Gasteiger partial charge >= 0.3 is 0 Å². The monoisotopic (exact) mass is 377 g/mol. The SMILES string of the molecule is COCCn1ccnc1[C@@H]1CCCN(C(=O)c2ccc(Cl)cc2OC)C1. The molecular weight excluding hydrogens is 354 g/mol. The van der Waals surface area contributed by atoms with E-state index in [1.165, 1.54) is 0 Å². The molecule has 2 aromatic rings. The summed E-state index contributed by atoms with van der Waals surface area (Å²) < 4.78 is 12.6. The van der Waals surface area contributed by atoms with Gasteiger partial charge in [-0.05, 0) is 31.0 Å². The van der Waals surface area contributed by atoms with Crippen LogP contribution in [0.2, 0.25) is 5.02 Å². The number of rotatable bonds is 6. The first-order valence-corrected chi connectivity index (χ1v) is 9.14. The lowest BCUT2D eigenvalue weighted by Crippen LogP contribution is -2.40. The molecule has 0 N–H and O–H groups in total. The Kier molecular flexibility index (Phi) is 6.16. The summed E-state index contributed by atoms with van der Waals surface area (Å²) in [6.07, 6.45) is 5.75. The van der Waals surface area contributed by atoms with Gasteiger partial charge in [-0.3, -0.25) is 4.79 Å². The minimum Gasteiger partial charge on any atom is -0.496 e. The predicted molar refractivity (Wildman–Crippen MR) is 100.0 cm³/mol. The van der Waals surface area contributed by atoms with Crippen molar-refractivity contribution < 1.29 is 14.3 Å². The minimum absolute atomic E-state index is 0.0294. The summed E-state index contributed by atoms with van der Waals surface area (Å²) in [7, 11) is 3.24. The van der Waals surface area contributed by atoms with Crippen molar-refractivity contribution in [1.82, 2.24) is 14.5 Å². The molecule has 1 atom stereocenters. The third-order valence-electron chi connectivity index (χ3n) is 4.75. The molecule has 0 unspecified atom stereocenters. The summed E-state index contributed by atoms with van der Waals surface area (Å²) in [5, 5.41) is 0.551. The van der Waals surface area contributed by atoms with Crippen LogP contribution in [0.25, 0.3) is 0 Å². The molecule has 0 spiro atoms. The molecule has 1 fully saturated rings. The highest BCUT2D eigenvalue weighted by atomic mass is 35.5. The van der Waals surface area contributed by atoms with Gasteiger partial charge in [0, 0.05) is 50.1 Å². The van der Waals surface area contributed by atoms with Gasteiger partial charge in [0.05, 0.1) is 19.3 Å². The number of benzene rings is 1. The van der Waals surface area contributed by atoms with Gasteiger partial charge < -0.3 is 18.9 Å². The van der Waals surface area contributed by atoms with Crippen LogP contribution < -0.4 is 4.74 Å². The first-order valence-electron chi connectivity index (χ1n) is 8.76. The van der Waals surface area contributed by atoms with E-state index in [-0.39, 0.29) is 11.8 Å². The second-order valence-electron chi connectivity index (χ2n) is 6.41. The highest BCUT2D eigenvalue weighted by Crippen LogP contribution is 2.29. The number of carbonyl (C=O) groups excluding carboxylic acids is 1. The van der Waals surface area contributed by atoms with Crippen molar-refractivity contribution in [3.05, 3.63) is 47.0 Å². The highest BCUT2D eigenvalue weighted by molar-refractivity contribution is 6.30. The maximum absolute atomic E-state index is 13.0. The summed E-state index contributed by atoms with van der Waals surface area (Å²) in [6.45, 7) is 2.79. The first-order chi connectivity index (χ1) is 12.6. The summed E-state index contributed by atoms with van der Waals surface area (Å²) in [4.78, 5) is 19.4. The van der Waals surface area contributed by atoms with Crippen molar-refractivity contribution in [3.8, 4) is 5.75 Å². The molecule has 6 nitrogen and oxygen atoms in total. The van der Waals surface area contributed by atoms with Crippen molar-refractivity contribution in [2.45, 2.75) is 25.3 Å². The molecule has 0 radical (unpaired) electrons. The van der Waals surface area contributed by atoms with Crippen LogP contribution in [0.15, 0.2) is 30.6 Å². The Morgan fingerprint density at radius 2 is 2.23 bits per heavy atom. The third kappa shape index (κ3) is 4.02. The molecule has 0 bridgehead atoms. The van der Waals surface area contributed by atoms with Gasteiger partial charge in [-0.1, -0.05) is 11.6 Å². The molecule has 1 aliphatic heterocycles. The van der Waals surface area contributed by atoms with E-state index in [0.717, 1.165) is 31.8 Å². The van der Waals surface area contributed by atoms with E-state index in [1.807, 2.05) is 17.3 Å². The highest BCUT2D eigenvalue weighted by Gasteiger charge is 2.29. The summed E-state index contributed by atoms with van der Waals surface area (Å²) in [5.74, 6) is 1.71. The molecule has 1 aliphatic rings. The Morgan fingerprint density at radius 3 is 3.00 bits per heavy atom. The van der Waals surface area contributed by atoms with E-state index in [4.69, 9.17) is 21.1 Å². The van der Waals surface area contributed by atoms with E-state index in [2.05, 4.69) is 9.55 Å². The number of aromatic nitrogens is 2. The Hall–Kier alpha value is -2.05. The maximum Gasteiger partial charge on any atom is 0.257 e. The van der Waals surface area contributed by atoms with Crippen molar-refractivity contribution in [3.63, 3.8) is 0 Å². The molecular formula is C19H24ClN3O3. The molecule has 7 heteroatoms. The lowest BCUT2D eigenvalue weighted by molar-refractivity contribution is 0.0699. The summed E-state index contributed by atoms with van der Waals surface area (Å²) in [5.41, 5.74) is 0.542. The average Bonchev–Trinajstić information content (AvgIpc) is 3.14. The molecule has 1 saturated heterocycles. The van der Waals surface area contributed by atoms with E-state index in [0.29, 0.717) is 29.5 Å². The van der Waals surface area contributed by atoms with Crippen molar-refractivity contribution >= 4 is 17.5 Å². The molecule has 140 valence electrons. The lowest BCUT2D eigenvalue weighted by atomic mass is 9.96. The van der Waals surface area contributed by atoms with Gasteiger partial charge in [0.2, 0.25) is 0 Å². The van der Waals surface area contributed by atoms with E-state index in [9.17, 15) is 4.79 Å². The van der Waals surface area contributed by atoms with Gasteiger partial charge in [0.25, 0.3) is 5.91 Å². The van der Waals surface area contributed by atoms with Gasteiger partial charge in [-0.2, -0.15) is 0 Å². The molecule has 26 heavy (non-hydrogen) atoms. The van der Waals surface area contributed by atoms with E-state index < -0.39 is 0 Å². The fourth-order valence-electron chi connectivity index (χ4n) is 3.44. The fourth-order valence-corrected chi connectivity index (χ4v) is 3.61. The second-order valence-corrected chi connectivity index (χ2v) is 6.84. The zero-order valence-electron chi connectivity index (χ0n) is 15.2. The average molecular weight is 378 g/mol. The number of ether oxygens (including phenoxy) is 2. The van der Waals surface area contributed by atoms with Crippen LogP contribution in [-0.2, 0) is 11.3 Å². The molecule has 1 aromatic carbocycles. The molecule has 1 aromatic heterocycles. The number of likely N-dealkylation sites (tertiary alicyclic amines) is 1. The normalized spacial score (nSPS) is 17.3. The zero-order chi connectivity index (χ0) is 18.5.